The van der Waals surface area contributed by atoms with E-state index in [9.17, 15) is 9.59 Å². The van der Waals surface area contributed by atoms with Gasteiger partial charge in [0.25, 0.3) is 0 Å². The second-order valence-electron chi connectivity index (χ2n) is 6.96. The van der Waals surface area contributed by atoms with E-state index in [0.717, 1.165) is 13.1 Å². The van der Waals surface area contributed by atoms with Gasteiger partial charge in [-0.05, 0) is 17.9 Å². The number of amides is 2. The number of carbonyl (C=O) groups is 2. The smallest absolute Gasteiger partial charge is 0.245 e. The lowest BCUT2D eigenvalue weighted by Gasteiger charge is -2.45. The van der Waals surface area contributed by atoms with Crippen LogP contribution in [0.2, 0.25) is 0 Å². The van der Waals surface area contributed by atoms with Crippen LogP contribution in [0.4, 0.5) is 0 Å². The van der Waals surface area contributed by atoms with Crippen LogP contribution >= 0.6 is 0 Å². The van der Waals surface area contributed by atoms with Crippen LogP contribution in [0.15, 0.2) is 30.3 Å². The first kappa shape index (κ1) is 16.0. The molecule has 5 heteroatoms. The Kier molecular flexibility index (Phi) is 4.66. The van der Waals surface area contributed by atoms with Crippen molar-refractivity contribution in [3.05, 3.63) is 35.9 Å². The zero-order chi connectivity index (χ0) is 16.4. The van der Waals surface area contributed by atoms with Crippen molar-refractivity contribution in [3.63, 3.8) is 0 Å². The maximum atomic E-state index is 12.6. The van der Waals surface area contributed by atoms with Crippen molar-refractivity contribution in [2.24, 2.45) is 5.92 Å². The van der Waals surface area contributed by atoms with Crippen LogP contribution in [-0.4, -0.2) is 53.3 Å². The molecule has 1 N–H and O–H groups in total. The lowest BCUT2D eigenvalue weighted by molar-refractivity contribution is -0.153. The Morgan fingerprint density at radius 1 is 1.17 bits per heavy atom. The monoisotopic (exact) mass is 315 g/mol. The summed E-state index contributed by atoms with van der Waals surface area (Å²) < 4.78 is 0. The number of nitrogens with zero attached hydrogens (tertiary/aromatic N) is 2. The Balaban J connectivity index is 1.65. The first-order valence-electron chi connectivity index (χ1n) is 8.41. The van der Waals surface area contributed by atoms with Crippen LogP contribution in [-0.2, 0) is 16.1 Å². The molecule has 3 rings (SSSR count). The summed E-state index contributed by atoms with van der Waals surface area (Å²) in [6.45, 7) is 7.03. The highest BCUT2D eigenvalue weighted by Crippen LogP contribution is 2.20. The summed E-state index contributed by atoms with van der Waals surface area (Å²) >= 11 is 0. The van der Waals surface area contributed by atoms with Crippen LogP contribution in [0.5, 0.6) is 0 Å². The first-order chi connectivity index (χ1) is 11.0. The second kappa shape index (κ2) is 6.71. The topological polar surface area (TPSA) is 52.7 Å². The van der Waals surface area contributed by atoms with E-state index in [4.69, 9.17) is 0 Å². The minimum atomic E-state index is -0.348. The standard InChI is InChI=1S/C18H25N3O2/c1-13(2)10-15-18(23)21-9-8-20(12-16(21)17(22)19-15)11-14-6-4-3-5-7-14/h3-7,13,15-16H,8-12H2,1-2H3,(H,19,22)/t15-,16+/m0/s1. The molecule has 2 fully saturated rings. The molecular weight excluding hydrogens is 290 g/mol. The maximum Gasteiger partial charge on any atom is 0.245 e. The Labute approximate surface area is 137 Å². The molecule has 0 spiro atoms. The average molecular weight is 315 g/mol. The number of rotatable bonds is 4. The fourth-order valence-electron chi connectivity index (χ4n) is 3.47. The summed E-state index contributed by atoms with van der Waals surface area (Å²) in [5, 5.41) is 2.92. The van der Waals surface area contributed by atoms with Crippen LogP contribution in [0, 0.1) is 5.92 Å². The molecule has 2 aliphatic rings. The molecule has 5 nitrogen and oxygen atoms in total. The molecule has 2 atom stereocenters. The van der Waals surface area contributed by atoms with Gasteiger partial charge in [-0.2, -0.15) is 0 Å². The van der Waals surface area contributed by atoms with Gasteiger partial charge >= 0.3 is 0 Å². The summed E-state index contributed by atoms with van der Waals surface area (Å²) in [5.41, 5.74) is 1.24. The van der Waals surface area contributed by atoms with Crippen molar-refractivity contribution in [1.82, 2.24) is 15.1 Å². The Bertz CT molecular complexity index is 573. The van der Waals surface area contributed by atoms with Crippen molar-refractivity contribution >= 4 is 11.8 Å². The maximum absolute atomic E-state index is 12.6. The zero-order valence-corrected chi connectivity index (χ0v) is 13.9. The summed E-state index contributed by atoms with van der Waals surface area (Å²) in [4.78, 5) is 29.1. The molecule has 0 saturated carbocycles. The minimum Gasteiger partial charge on any atom is -0.342 e. The van der Waals surface area contributed by atoms with Gasteiger partial charge < -0.3 is 10.2 Å². The summed E-state index contributed by atoms with van der Waals surface area (Å²) in [6, 6.07) is 9.55. The molecule has 1 aromatic carbocycles. The highest BCUT2D eigenvalue weighted by atomic mass is 16.2. The number of piperazine rings is 2. The van der Waals surface area contributed by atoms with Gasteiger partial charge in [0, 0.05) is 26.2 Å². The minimum absolute atomic E-state index is 0.00647. The molecule has 2 aliphatic heterocycles. The number of benzene rings is 1. The summed E-state index contributed by atoms with van der Waals surface area (Å²) in [6.07, 6.45) is 0.710. The number of nitrogens with one attached hydrogen (secondary N) is 1. The molecule has 0 aromatic heterocycles. The van der Waals surface area contributed by atoms with Gasteiger partial charge in [-0.25, -0.2) is 0 Å². The van der Waals surface area contributed by atoms with Crippen molar-refractivity contribution in [2.45, 2.75) is 38.9 Å². The van der Waals surface area contributed by atoms with Crippen LogP contribution in [0.3, 0.4) is 0 Å². The molecule has 2 amide bonds. The van der Waals surface area contributed by atoms with E-state index < -0.39 is 0 Å². The molecule has 124 valence electrons. The van der Waals surface area contributed by atoms with E-state index in [0.29, 0.717) is 25.4 Å². The van der Waals surface area contributed by atoms with Crippen molar-refractivity contribution < 1.29 is 9.59 Å². The van der Waals surface area contributed by atoms with Crippen molar-refractivity contribution in [3.8, 4) is 0 Å². The summed E-state index contributed by atoms with van der Waals surface area (Å²) in [7, 11) is 0. The summed E-state index contributed by atoms with van der Waals surface area (Å²) in [5.74, 6) is 0.468. The number of fused-ring (bicyclic) bond motifs is 1. The third kappa shape index (κ3) is 3.55. The molecule has 0 bridgehead atoms. The van der Waals surface area contributed by atoms with Crippen molar-refractivity contribution in [1.29, 1.82) is 0 Å². The fraction of sp³-hybridized carbons (Fsp3) is 0.556. The number of hydrogen-bond acceptors (Lipinski definition) is 3. The second-order valence-corrected chi connectivity index (χ2v) is 6.96. The molecule has 0 aliphatic carbocycles. The van der Waals surface area contributed by atoms with E-state index in [-0.39, 0.29) is 23.9 Å². The Morgan fingerprint density at radius 2 is 1.91 bits per heavy atom. The highest BCUT2D eigenvalue weighted by molar-refractivity contribution is 5.97. The highest BCUT2D eigenvalue weighted by Gasteiger charge is 2.43. The van der Waals surface area contributed by atoms with E-state index in [1.165, 1.54) is 5.56 Å². The van der Waals surface area contributed by atoms with E-state index in [1.54, 1.807) is 4.90 Å². The third-order valence-electron chi connectivity index (χ3n) is 4.62. The van der Waals surface area contributed by atoms with Gasteiger partial charge in [0.1, 0.15) is 12.1 Å². The van der Waals surface area contributed by atoms with E-state index in [1.807, 2.05) is 18.2 Å². The molecule has 0 unspecified atom stereocenters. The molecule has 1 aromatic rings. The first-order valence-corrected chi connectivity index (χ1v) is 8.41. The molecular formula is C18H25N3O2. The SMILES string of the molecule is CC(C)C[C@@H]1NC(=O)[C@H]2CN(Cc3ccccc3)CCN2C1=O. The van der Waals surface area contributed by atoms with Gasteiger partial charge in [0.05, 0.1) is 0 Å². The van der Waals surface area contributed by atoms with Gasteiger partial charge in [0.2, 0.25) is 11.8 Å². The largest absolute Gasteiger partial charge is 0.342 e. The fourth-order valence-corrected chi connectivity index (χ4v) is 3.47. The lowest BCUT2D eigenvalue weighted by atomic mass is 9.97. The van der Waals surface area contributed by atoms with Crippen LogP contribution in [0.25, 0.3) is 0 Å². The van der Waals surface area contributed by atoms with E-state index in [2.05, 4.69) is 36.2 Å². The Hall–Kier alpha value is -1.88. The number of carbonyl (C=O) groups excluding carboxylic acids is 2. The lowest BCUT2D eigenvalue weighted by Crippen LogP contribution is -2.69. The van der Waals surface area contributed by atoms with Gasteiger partial charge in [-0.3, -0.25) is 14.5 Å². The molecule has 2 saturated heterocycles. The van der Waals surface area contributed by atoms with Gasteiger partial charge in [0.15, 0.2) is 0 Å². The zero-order valence-electron chi connectivity index (χ0n) is 13.9. The third-order valence-corrected chi connectivity index (χ3v) is 4.62. The van der Waals surface area contributed by atoms with Crippen LogP contribution in [0.1, 0.15) is 25.8 Å². The molecule has 2 heterocycles. The van der Waals surface area contributed by atoms with Gasteiger partial charge in [-0.15, -0.1) is 0 Å². The van der Waals surface area contributed by atoms with E-state index >= 15 is 0 Å². The molecule has 23 heavy (non-hydrogen) atoms. The predicted molar refractivity (Wildman–Crippen MR) is 88.6 cm³/mol. The van der Waals surface area contributed by atoms with Crippen LogP contribution < -0.4 is 5.32 Å². The molecule has 0 radical (unpaired) electrons. The Morgan fingerprint density at radius 3 is 2.61 bits per heavy atom. The normalized spacial score (nSPS) is 25.4. The van der Waals surface area contributed by atoms with Gasteiger partial charge in [-0.1, -0.05) is 44.2 Å². The average Bonchev–Trinajstić information content (AvgIpc) is 2.53. The quantitative estimate of drug-likeness (QED) is 0.910. The van der Waals surface area contributed by atoms with Crippen molar-refractivity contribution in [2.75, 3.05) is 19.6 Å². The predicted octanol–water partition coefficient (Wildman–Crippen LogP) is 1.24. The number of hydrogen-bond donors (Lipinski definition) is 1.